The number of benzene rings is 1. The van der Waals surface area contributed by atoms with Gasteiger partial charge in [0.2, 0.25) is 5.91 Å². The zero-order valence-electron chi connectivity index (χ0n) is 17.1. The summed E-state index contributed by atoms with van der Waals surface area (Å²) in [6, 6.07) is 2.00. The van der Waals surface area contributed by atoms with Crippen LogP contribution in [-0.2, 0) is 20.4 Å². The Balaban J connectivity index is 2.20. The molecular formula is C21H31NO4S. The number of hydrogen-bond acceptors (Lipinski definition) is 4. The quantitative estimate of drug-likeness (QED) is 0.693. The normalized spacial score (nSPS) is 15.6. The monoisotopic (exact) mass is 393 g/mol. The van der Waals surface area contributed by atoms with E-state index < -0.39 is 15.6 Å². The van der Waals surface area contributed by atoms with Gasteiger partial charge in [-0.3, -0.25) is 9.59 Å². The first kappa shape index (κ1) is 21.6. The second kappa shape index (κ2) is 8.55. The topological polar surface area (TPSA) is 71.5 Å². The summed E-state index contributed by atoms with van der Waals surface area (Å²) in [5.74, 6) is -1.11. The van der Waals surface area contributed by atoms with Gasteiger partial charge < -0.3 is 4.90 Å². The van der Waals surface area contributed by atoms with Crippen LogP contribution in [0.5, 0.6) is 0 Å². The van der Waals surface area contributed by atoms with Gasteiger partial charge in [0.15, 0.2) is 15.6 Å². The second-order valence-electron chi connectivity index (χ2n) is 7.87. The van der Waals surface area contributed by atoms with Crippen molar-refractivity contribution in [1.82, 2.24) is 4.90 Å². The van der Waals surface area contributed by atoms with Crippen molar-refractivity contribution in [2.45, 2.75) is 71.6 Å². The van der Waals surface area contributed by atoms with Crippen LogP contribution in [0.4, 0.5) is 0 Å². The van der Waals surface area contributed by atoms with Crippen molar-refractivity contribution in [1.29, 1.82) is 0 Å². The smallest absolute Gasteiger partial charge is 0.237 e. The molecule has 1 saturated carbocycles. The van der Waals surface area contributed by atoms with E-state index in [1.54, 1.807) is 18.9 Å². The molecule has 0 radical (unpaired) electrons. The van der Waals surface area contributed by atoms with E-state index in [2.05, 4.69) is 0 Å². The molecule has 0 aromatic heterocycles. The van der Waals surface area contributed by atoms with Gasteiger partial charge in [-0.05, 0) is 62.8 Å². The standard InChI is InChI=1S/C21H31NO4S/c1-14-11-15(2)21(17(4)23)16(3)19(14)12-27(25,26)13-20(24)22(5)18-9-7-6-8-10-18/h11,18H,6-10,12-13H2,1-5H3. The number of rotatable bonds is 6. The van der Waals surface area contributed by atoms with Gasteiger partial charge in [-0.1, -0.05) is 25.3 Å². The molecule has 1 aromatic rings. The first-order valence-electron chi connectivity index (χ1n) is 9.60. The molecule has 1 aliphatic rings. The number of hydrogen-bond donors (Lipinski definition) is 0. The zero-order chi connectivity index (χ0) is 20.4. The summed E-state index contributed by atoms with van der Waals surface area (Å²) in [7, 11) is -1.91. The van der Waals surface area contributed by atoms with Gasteiger partial charge in [-0.15, -0.1) is 0 Å². The van der Waals surface area contributed by atoms with Crippen LogP contribution in [0.3, 0.4) is 0 Å². The van der Waals surface area contributed by atoms with E-state index in [-0.39, 0.29) is 23.5 Å². The van der Waals surface area contributed by atoms with E-state index in [9.17, 15) is 18.0 Å². The molecule has 1 aliphatic carbocycles. The van der Waals surface area contributed by atoms with Crippen molar-refractivity contribution in [2.24, 2.45) is 0 Å². The van der Waals surface area contributed by atoms with Crippen LogP contribution in [0.2, 0.25) is 0 Å². The molecule has 0 spiro atoms. The molecule has 1 amide bonds. The molecule has 1 fully saturated rings. The van der Waals surface area contributed by atoms with Crippen LogP contribution in [0.1, 0.15) is 71.6 Å². The van der Waals surface area contributed by atoms with E-state index >= 15 is 0 Å². The molecule has 150 valence electrons. The molecule has 0 N–H and O–H groups in total. The maximum atomic E-state index is 12.7. The van der Waals surface area contributed by atoms with Gasteiger partial charge in [0.25, 0.3) is 0 Å². The molecule has 0 unspecified atom stereocenters. The van der Waals surface area contributed by atoms with Crippen LogP contribution >= 0.6 is 0 Å². The fourth-order valence-corrected chi connectivity index (χ4v) is 5.79. The van der Waals surface area contributed by atoms with E-state index in [4.69, 9.17) is 0 Å². The van der Waals surface area contributed by atoms with Crippen molar-refractivity contribution >= 4 is 21.5 Å². The largest absolute Gasteiger partial charge is 0.342 e. The molecule has 0 aliphatic heterocycles. The van der Waals surface area contributed by atoms with Crippen LogP contribution < -0.4 is 0 Å². The predicted molar refractivity (Wildman–Crippen MR) is 108 cm³/mol. The Kier molecular flexibility index (Phi) is 6.84. The molecule has 0 bridgehead atoms. The number of Topliss-reactive ketones (excluding diaryl/α,β-unsaturated/α-hetero) is 1. The Morgan fingerprint density at radius 3 is 2.22 bits per heavy atom. The molecule has 5 nitrogen and oxygen atoms in total. The van der Waals surface area contributed by atoms with Gasteiger partial charge in [-0.25, -0.2) is 8.42 Å². The molecule has 0 saturated heterocycles. The van der Waals surface area contributed by atoms with Gasteiger partial charge >= 0.3 is 0 Å². The summed E-state index contributed by atoms with van der Waals surface area (Å²) in [4.78, 5) is 26.1. The van der Waals surface area contributed by atoms with Crippen molar-refractivity contribution in [3.8, 4) is 0 Å². The number of sulfone groups is 1. The van der Waals surface area contributed by atoms with Crippen LogP contribution in [0.25, 0.3) is 0 Å². The Morgan fingerprint density at radius 1 is 1.07 bits per heavy atom. The van der Waals surface area contributed by atoms with Gasteiger partial charge in [0.05, 0.1) is 5.75 Å². The number of nitrogens with zero attached hydrogens (tertiary/aromatic N) is 1. The minimum Gasteiger partial charge on any atom is -0.342 e. The molecule has 1 aromatic carbocycles. The number of aryl methyl sites for hydroxylation is 2. The molecular weight excluding hydrogens is 362 g/mol. The van der Waals surface area contributed by atoms with Gasteiger partial charge in [-0.2, -0.15) is 0 Å². The van der Waals surface area contributed by atoms with E-state index in [1.165, 1.54) is 13.3 Å². The summed E-state index contributed by atoms with van der Waals surface area (Å²) in [6.45, 7) is 6.99. The van der Waals surface area contributed by atoms with E-state index in [0.717, 1.165) is 36.8 Å². The maximum Gasteiger partial charge on any atom is 0.237 e. The third-order valence-electron chi connectivity index (χ3n) is 5.71. The molecule has 0 heterocycles. The fraction of sp³-hybridized carbons (Fsp3) is 0.619. The van der Waals surface area contributed by atoms with E-state index in [0.29, 0.717) is 16.7 Å². The predicted octanol–water partition coefficient (Wildman–Crippen LogP) is 3.52. The summed E-state index contributed by atoms with van der Waals surface area (Å²) in [5, 5.41) is 0. The summed E-state index contributed by atoms with van der Waals surface area (Å²) >= 11 is 0. The lowest BCUT2D eigenvalue weighted by Crippen LogP contribution is -2.41. The minimum atomic E-state index is -3.62. The van der Waals surface area contributed by atoms with Crippen LogP contribution in [-0.4, -0.2) is 43.9 Å². The summed E-state index contributed by atoms with van der Waals surface area (Å²) in [5.41, 5.74) is 3.62. The maximum absolute atomic E-state index is 12.7. The molecule has 2 rings (SSSR count). The molecule has 27 heavy (non-hydrogen) atoms. The lowest BCUT2D eigenvalue weighted by Gasteiger charge is -2.31. The molecule has 0 atom stereocenters. The SMILES string of the molecule is CC(=O)c1c(C)cc(C)c(CS(=O)(=O)CC(=O)N(C)C2CCCCC2)c1C. The average molecular weight is 394 g/mol. The highest BCUT2D eigenvalue weighted by molar-refractivity contribution is 7.91. The lowest BCUT2D eigenvalue weighted by atomic mass is 9.92. The van der Waals surface area contributed by atoms with Gasteiger partial charge in [0.1, 0.15) is 5.75 Å². The van der Waals surface area contributed by atoms with Crippen molar-refractivity contribution in [2.75, 3.05) is 12.8 Å². The Morgan fingerprint density at radius 2 is 1.67 bits per heavy atom. The third kappa shape index (κ3) is 5.18. The summed E-state index contributed by atoms with van der Waals surface area (Å²) < 4.78 is 25.5. The Bertz CT molecular complexity index is 836. The fourth-order valence-electron chi connectivity index (χ4n) is 4.22. The number of ketones is 1. The first-order chi connectivity index (χ1) is 12.5. The Labute approximate surface area is 163 Å². The highest BCUT2D eigenvalue weighted by atomic mass is 32.2. The molecule has 6 heteroatoms. The third-order valence-corrected chi connectivity index (χ3v) is 7.12. The lowest BCUT2D eigenvalue weighted by molar-refractivity contribution is -0.129. The first-order valence-corrected chi connectivity index (χ1v) is 11.4. The van der Waals surface area contributed by atoms with Crippen LogP contribution in [0.15, 0.2) is 6.07 Å². The van der Waals surface area contributed by atoms with Crippen molar-refractivity contribution < 1.29 is 18.0 Å². The minimum absolute atomic E-state index is 0.0724. The van der Waals surface area contributed by atoms with E-state index in [1.807, 2.05) is 19.9 Å². The zero-order valence-corrected chi connectivity index (χ0v) is 17.9. The Hall–Kier alpha value is -1.69. The number of carbonyl (C=O) groups is 2. The number of amides is 1. The average Bonchev–Trinajstić information content (AvgIpc) is 2.57. The highest BCUT2D eigenvalue weighted by Crippen LogP contribution is 2.26. The van der Waals surface area contributed by atoms with Crippen molar-refractivity contribution in [3.63, 3.8) is 0 Å². The summed E-state index contributed by atoms with van der Waals surface area (Å²) in [6.07, 6.45) is 5.25. The van der Waals surface area contributed by atoms with Crippen molar-refractivity contribution in [3.05, 3.63) is 33.9 Å². The highest BCUT2D eigenvalue weighted by Gasteiger charge is 2.27. The van der Waals surface area contributed by atoms with Crippen LogP contribution in [0, 0.1) is 20.8 Å². The number of carbonyl (C=O) groups excluding carboxylic acids is 2. The van der Waals surface area contributed by atoms with Gasteiger partial charge in [0, 0.05) is 18.7 Å². The second-order valence-corrected chi connectivity index (χ2v) is 9.94.